The molecule has 1 fully saturated rings. The highest BCUT2D eigenvalue weighted by Crippen LogP contribution is 2.30. The van der Waals surface area contributed by atoms with Gasteiger partial charge in [0.05, 0.1) is 16.5 Å². The third-order valence-electron chi connectivity index (χ3n) is 2.26. The molecule has 1 saturated heterocycles. The molecule has 92 valence electrons. The Balaban J connectivity index is 0.00000144. The molecule has 0 unspecified atom stereocenters. The average Bonchev–Trinajstić information content (AvgIpc) is 2.64. The highest BCUT2D eigenvalue weighted by molar-refractivity contribution is 5.85. The van der Waals surface area contributed by atoms with Gasteiger partial charge in [0.1, 0.15) is 12.4 Å². The fourth-order valence-electron chi connectivity index (χ4n) is 1.54. The van der Waals surface area contributed by atoms with Crippen molar-refractivity contribution in [1.82, 2.24) is 5.32 Å². The number of cyclic esters (lactones) is 1. The van der Waals surface area contributed by atoms with Gasteiger partial charge in [-0.2, -0.15) is 0 Å². The SMILES string of the molecule is Cl.O=C1N[C@H](c2cc(O)ccc2[N+](=O)[O-])CO1. The highest BCUT2D eigenvalue weighted by atomic mass is 35.5. The third kappa shape index (κ3) is 2.56. The summed E-state index contributed by atoms with van der Waals surface area (Å²) in [5.41, 5.74) is 0.0736. The monoisotopic (exact) mass is 260 g/mol. The molecule has 0 saturated carbocycles. The number of carbonyl (C=O) groups excluding carboxylic acids is 1. The number of aromatic hydroxyl groups is 1. The van der Waals surface area contributed by atoms with Gasteiger partial charge in [-0.3, -0.25) is 10.1 Å². The number of nitrogens with one attached hydrogen (secondary N) is 1. The lowest BCUT2D eigenvalue weighted by Gasteiger charge is -2.08. The zero-order chi connectivity index (χ0) is 11.7. The van der Waals surface area contributed by atoms with Gasteiger partial charge in [-0.1, -0.05) is 0 Å². The Bertz CT molecular complexity index is 465. The quantitative estimate of drug-likeness (QED) is 0.620. The second kappa shape index (κ2) is 4.88. The van der Waals surface area contributed by atoms with Crippen molar-refractivity contribution >= 4 is 24.2 Å². The van der Waals surface area contributed by atoms with Gasteiger partial charge in [0.2, 0.25) is 0 Å². The van der Waals surface area contributed by atoms with Gasteiger partial charge in [0.25, 0.3) is 5.69 Å². The summed E-state index contributed by atoms with van der Waals surface area (Å²) in [7, 11) is 0. The predicted molar refractivity (Wildman–Crippen MR) is 59.2 cm³/mol. The molecule has 1 atom stereocenters. The van der Waals surface area contributed by atoms with E-state index in [2.05, 4.69) is 10.1 Å². The predicted octanol–water partition coefficient (Wildman–Crippen LogP) is 1.50. The van der Waals surface area contributed by atoms with Crippen molar-refractivity contribution in [1.29, 1.82) is 0 Å². The number of nitro benzene ring substituents is 1. The van der Waals surface area contributed by atoms with Crippen LogP contribution in [0.5, 0.6) is 5.75 Å². The number of carbonyl (C=O) groups is 1. The van der Waals surface area contributed by atoms with Crippen molar-refractivity contribution in [3.63, 3.8) is 0 Å². The van der Waals surface area contributed by atoms with Crippen LogP contribution in [0, 0.1) is 10.1 Å². The van der Waals surface area contributed by atoms with Crippen LogP contribution in [-0.2, 0) is 4.74 Å². The summed E-state index contributed by atoms with van der Waals surface area (Å²) >= 11 is 0. The van der Waals surface area contributed by atoms with Crippen molar-refractivity contribution in [3.05, 3.63) is 33.9 Å². The molecule has 8 heteroatoms. The molecule has 2 N–H and O–H groups in total. The summed E-state index contributed by atoms with van der Waals surface area (Å²) in [6.45, 7) is 0.0170. The van der Waals surface area contributed by atoms with Gasteiger partial charge in [-0.25, -0.2) is 4.79 Å². The minimum absolute atomic E-state index is 0. The van der Waals surface area contributed by atoms with Crippen molar-refractivity contribution in [2.75, 3.05) is 6.61 Å². The van der Waals surface area contributed by atoms with Gasteiger partial charge in [-0.05, 0) is 12.1 Å². The summed E-state index contributed by atoms with van der Waals surface area (Å²) in [6, 6.07) is 3.06. The molecule has 17 heavy (non-hydrogen) atoms. The van der Waals surface area contributed by atoms with Gasteiger partial charge >= 0.3 is 6.09 Å². The van der Waals surface area contributed by atoms with Gasteiger partial charge in [-0.15, -0.1) is 12.4 Å². The van der Waals surface area contributed by atoms with Crippen molar-refractivity contribution in [2.45, 2.75) is 6.04 Å². The number of benzene rings is 1. The molecule has 1 aromatic rings. The van der Waals surface area contributed by atoms with E-state index in [-0.39, 0.29) is 36.0 Å². The molecule has 0 aliphatic carbocycles. The zero-order valence-electron chi connectivity index (χ0n) is 8.45. The number of nitro groups is 1. The molecular weight excluding hydrogens is 252 g/mol. The van der Waals surface area contributed by atoms with E-state index < -0.39 is 17.1 Å². The van der Waals surface area contributed by atoms with Crippen LogP contribution in [0.2, 0.25) is 0 Å². The standard InChI is InChI=1S/C9H8N2O5.ClH/c12-5-1-2-8(11(14)15)6(3-5)7-4-16-9(13)10-7;/h1-3,7,12H,4H2,(H,10,13);1H/t7-;/m0./s1. The maximum absolute atomic E-state index is 10.8. The number of ether oxygens (including phenoxy) is 1. The largest absolute Gasteiger partial charge is 0.508 e. The number of nitrogens with zero attached hydrogens (tertiary/aromatic N) is 1. The van der Waals surface area contributed by atoms with Crippen LogP contribution < -0.4 is 5.32 Å². The lowest BCUT2D eigenvalue weighted by Crippen LogP contribution is -2.19. The first-order valence-electron chi connectivity index (χ1n) is 4.48. The first-order valence-corrected chi connectivity index (χ1v) is 4.48. The van der Waals surface area contributed by atoms with E-state index in [9.17, 15) is 20.0 Å². The Kier molecular flexibility index (Phi) is 3.74. The van der Waals surface area contributed by atoms with E-state index in [4.69, 9.17) is 0 Å². The second-order valence-electron chi connectivity index (χ2n) is 3.30. The van der Waals surface area contributed by atoms with Gasteiger partial charge in [0, 0.05) is 6.07 Å². The van der Waals surface area contributed by atoms with Crippen LogP contribution >= 0.6 is 12.4 Å². The summed E-state index contributed by atoms with van der Waals surface area (Å²) < 4.78 is 4.64. The maximum atomic E-state index is 10.8. The number of hydrogen-bond acceptors (Lipinski definition) is 5. The van der Waals surface area contributed by atoms with Crippen LogP contribution in [0.4, 0.5) is 10.5 Å². The molecule has 0 bridgehead atoms. The van der Waals surface area contributed by atoms with Gasteiger partial charge < -0.3 is 15.2 Å². The van der Waals surface area contributed by atoms with Crippen LogP contribution in [0.1, 0.15) is 11.6 Å². The lowest BCUT2D eigenvalue weighted by atomic mass is 10.1. The Morgan fingerprint density at radius 3 is 2.76 bits per heavy atom. The number of alkyl carbamates (subject to hydrolysis) is 1. The Morgan fingerprint density at radius 1 is 1.53 bits per heavy atom. The molecule has 7 nitrogen and oxygen atoms in total. The Morgan fingerprint density at radius 2 is 2.24 bits per heavy atom. The smallest absolute Gasteiger partial charge is 0.407 e. The van der Waals surface area contributed by atoms with E-state index in [1.54, 1.807) is 0 Å². The van der Waals surface area contributed by atoms with Crippen LogP contribution in [0.25, 0.3) is 0 Å². The first-order chi connectivity index (χ1) is 7.58. The molecule has 0 radical (unpaired) electrons. The molecular formula is C9H9ClN2O5. The summed E-state index contributed by atoms with van der Waals surface area (Å²) in [5.74, 6) is -0.0956. The van der Waals surface area contributed by atoms with E-state index in [0.717, 1.165) is 0 Å². The van der Waals surface area contributed by atoms with E-state index in [0.29, 0.717) is 0 Å². The van der Waals surface area contributed by atoms with E-state index >= 15 is 0 Å². The number of phenols is 1. The number of phenolic OH excluding ortho intramolecular Hbond substituents is 1. The molecule has 0 aromatic heterocycles. The normalized spacial score (nSPS) is 17.9. The first kappa shape index (κ1) is 13.0. The van der Waals surface area contributed by atoms with E-state index in [1.807, 2.05) is 0 Å². The molecule has 1 heterocycles. The summed E-state index contributed by atoms with van der Waals surface area (Å²) in [6.07, 6.45) is -0.623. The maximum Gasteiger partial charge on any atom is 0.407 e. The highest BCUT2D eigenvalue weighted by Gasteiger charge is 2.29. The number of hydrogen-bond donors (Lipinski definition) is 2. The average molecular weight is 261 g/mol. The van der Waals surface area contributed by atoms with Gasteiger partial charge in [0.15, 0.2) is 0 Å². The second-order valence-corrected chi connectivity index (χ2v) is 3.30. The molecule has 1 amide bonds. The molecule has 1 aliphatic heterocycles. The fraction of sp³-hybridized carbons (Fsp3) is 0.222. The topological polar surface area (TPSA) is 102 Å². The summed E-state index contributed by atoms with van der Waals surface area (Å²) in [5, 5.41) is 22.4. The Labute approximate surface area is 102 Å². The lowest BCUT2D eigenvalue weighted by molar-refractivity contribution is -0.385. The number of rotatable bonds is 2. The Hall–Kier alpha value is -2.02. The van der Waals surface area contributed by atoms with Crippen LogP contribution in [-0.4, -0.2) is 22.7 Å². The molecule has 2 rings (SSSR count). The minimum Gasteiger partial charge on any atom is -0.508 e. The van der Waals surface area contributed by atoms with Crippen molar-refractivity contribution in [2.24, 2.45) is 0 Å². The fourth-order valence-corrected chi connectivity index (χ4v) is 1.54. The number of halogens is 1. The van der Waals surface area contributed by atoms with Crippen LogP contribution in [0.3, 0.4) is 0 Å². The number of amides is 1. The van der Waals surface area contributed by atoms with Crippen molar-refractivity contribution < 1.29 is 19.6 Å². The molecule has 0 spiro atoms. The minimum atomic E-state index is -0.623. The third-order valence-corrected chi connectivity index (χ3v) is 2.26. The van der Waals surface area contributed by atoms with E-state index in [1.165, 1.54) is 18.2 Å². The summed E-state index contributed by atoms with van der Waals surface area (Å²) in [4.78, 5) is 21.0. The van der Waals surface area contributed by atoms with Crippen molar-refractivity contribution in [3.8, 4) is 5.75 Å². The van der Waals surface area contributed by atoms with Crippen LogP contribution in [0.15, 0.2) is 18.2 Å². The zero-order valence-corrected chi connectivity index (χ0v) is 9.27. The molecule has 1 aromatic carbocycles. The molecule has 1 aliphatic rings.